The minimum Gasteiger partial charge on any atom is -0.497 e. The molecule has 0 spiro atoms. The van der Waals surface area contributed by atoms with Crippen LogP contribution in [-0.2, 0) is 11.2 Å². The van der Waals surface area contributed by atoms with Gasteiger partial charge in [-0.1, -0.05) is 6.92 Å². The number of aromatic nitrogens is 1. The van der Waals surface area contributed by atoms with E-state index in [-0.39, 0.29) is 12.0 Å². The Balaban J connectivity index is 2.45. The molecule has 0 saturated carbocycles. The van der Waals surface area contributed by atoms with E-state index in [0.29, 0.717) is 16.8 Å². The summed E-state index contributed by atoms with van der Waals surface area (Å²) in [6.07, 6.45) is 0.215. The van der Waals surface area contributed by atoms with E-state index in [9.17, 15) is 9.59 Å². The third-order valence-corrected chi connectivity index (χ3v) is 3.08. The molecule has 0 saturated heterocycles. The van der Waals surface area contributed by atoms with Crippen molar-refractivity contribution in [2.75, 3.05) is 7.11 Å². The van der Waals surface area contributed by atoms with Gasteiger partial charge in [-0.2, -0.15) is 0 Å². The average Bonchev–Trinajstić information content (AvgIpc) is 2.38. The monoisotopic (exact) mass is 261 g/mol. The molecule has 2 aromatic rings. The number of H-pyrrole nitrogens is 1. The van der Waals surface area contributed by atoms with Gasteiger partial charge in [-0.3, -0.25) is 9.59 Å². The smallest absolute Gasteiger partial charge is 0.306 e. The van der Waals surface area contributed by atoms with Crippen LogP contribution in [0.25, 0.3) is 10.9 Å². The lowest BCUT2D eigenvalue weighted by molar-refractivity contribution is -0.141. The van der Waals surface area contributed by atoms with Crippen molar-refractivity contribution in [1.82, 2.24) is 4.98 Å². The number of carboxylic acids is 1. The summed E-state index contributed by atoms with van der Waals surface area (Å²) in [7, 11) is 1.56. The van der Waals surface area contributed by atoms with Gasteiger partial charge >= 0.3 is 5.97 Å². The van der Waals surface area contributed by atoms with Crippen molar-refractivity contribution in [3.05, 3.63) is 40.2 Å². The zero-order chi connectivity index (χ0) is 14.0. The Labute approximate surface area is 109 Å². The lowest BCUT2D eigenvalue weighted by Crippen LogP contribution is -2.19. The Kier molecular flexibility index (Phi) is 3.55. The minimum atomic E-state index is -0.908. The van der Waals surface area contributed by atoms with Crippen molar-refractivity contribution in [3.63, 3.8) is 0 Å². The maximum atomic E-state index is 11.9. The van der Waals surface area contributed by atoms with Crippen LogP contribution in [-0.4, -0.2) is 23.2 Å². The molecule has 0 aliphatic heterocycles. The molecule has 5 nitrogen and oxygen atoms in total. The largest absolute Gasteiger partial charge is 0.497 e. The first kappa shape index (κ1) is 13.1. The molecule has 1 heterocycles. The van der Waals surface area contributed by atoms with Gasteiger partial charge in [-0.05, 0) is 30.0 Å². The van der Waals surface area contributed by atoms with E-state index in [1.54, 1.807) is 32.2 Å². The van der Waals surface area contributed by atoms with Crippen LogP contribution in [0.3, 0.4) is 0 Å². The van der Waals surface area contributed by atoms with Crippen molar-refractivity contribution >= 4 is 16.9 Å². The summed E-state index contributed by atoms with van der Waals surface area (Å²) in [6, 6.07) is 7.10. The number of aromatic amines is 1. The van der Waals surface area contributed by atoms with Crippen LogP contribution >= 0.6 is 0 Å². The number of fused-ring (bicyclic) bond motifs is 1. The summed E-state index contributed by atoms with van der Waals surface area (Å²) in [6.45, 7) is 1.58. The molecule has 5 heteroatoms. The number of methoxy groups -OCH3 is 1. The highest BCUT2D eigenvalue weighted by Crippen LogP contribution is 2.19. The number of benzene rings is 1. The maximum Gasteiger partial charge on any atom is 0.306 e. The summed E-state index contributed by atoms with van der Waals surface area (Å²) in [4.78, 5) is 25.5. The van der Waals surface area contributed by atoms with Crippen LogP contribution in [0.2, 0.25) is 0 Å². The first-order valence-corrected chi connectivity index (χ1v) is 5.94. The quantitative estimate of drug-likeness (QED) is 0.879. The highest BCUT2D eigenvalue weighted by molar-refractivity contribution is 5.80. The van der Waals surface area contributed by atoms with Gasteiger partial charge in [-0.25, -0.2) is 0 Å². The molecule has 1 atom stereocenters. The third kappa shape index (κ3) is 2.76. The number of hydrogen-bond donors (Lipinski definition) is 2. The predicted octanol–water partition coefficient (Wildman–Crippen LogP) is 1.80. The average molecular weight is 261 g/mol. The van der Waals surface area contributed by atoms with E-state index in [1.165, 1.54) is 0 Å². The second-order valence-electron chi connectivity index (χ2n) is 4.52. The highest BCUT2D eigenvalue weighted by atomic mass is 16.5. The van der Waals surface area contributed by atoms with Crippen molar-refractivity contribution in [3.8, 4) is 5.75 Å². The lowest BCUT2D eigenvalue weighted by atomic mass is 10.0. The van der Waals surface area contributed by atoms with Gasteiger partial charge in [0.05, 0.1) is 18.5 Å². The van der Waals surface area contributed by atoms with Gasteiger partial charge in [0.2, 0.25) is 0 Å². The Bertz CT molecular complexity index is 675. The summed E-state index contributed by atoms with van der Waals surface area (Å²) >= 11 is 0. The number of pyridine rings is 1. The van der Waals surface area contributed by atoms with E-state index in [1.807, 2.05) is 6.07 Å². The number of nitrogens with one attached hydrogen (secondary N) is 1. The van der Waals surface area contributed by atoms with Gasteiger partial charge < -0.3 is 14.8 Å². The number of carbonyl (C=O) groups is 1. The number of aliphatic carboxylic acids is 1. The van der Waals surface area contributed by atoms with Crippen molar-refractivity contribution in [2.24, 2.45) is 5.92 Å². The zero-order valence-electron chi connectivity index (χ0n) is 10.8. The molecule has 1 aromatic heterocycles. The van der Waals surface area contributed by atoms with Crippen LogP contribution < -0.4 is 10.3 Å². The van der Waals surface area contributed by atoms with Gasteiger partial charge in [0, 0.05) is 11.6 Å². The van der Waals surface area contributed by atoms with E-state index in [2.05, 4.69) is 4.98 Å². The van der Waals surface area contributed by atoms with Crippen LogP contribution in [0.4, 0.5) is 0 Å². The van der Waals surface area contributed by atoms with Gasteiger partial charge in [-0.15, -0.1) is 0 Å². The molecule has 0 radical (unpaired) electrons. The predicted molar refractivity (Wildman–Crippen MR) is 71.6 cm³/mol. The van der Waals surface area contributed by atoms with Gasteiger partial charge in [0.25, 0.3) is 5.56 Å². The summed E-state index contributed by atoms with van der Waals surface area (Å²) in [5.41, 5.74) is 0.900. The third-order valence-electron chi connectivity index (χ3n) is 3.08. The molecule has 1 aromatic carbocycles. The fourth-order valence-electron chi connectivity index (χ4n) is 1.92. The number of hydrogen-bond acceptors (Lipinski definition) is 3. The van der Waals surface area contributed by atoms with Crippen molar-refractivity contribution < 1.29 is 14.6 Å². The molecule has 0 aliphatic rings. The molecule has 0 aliphatic carbocycles. The zero-order valence-corrected chi connectivity index (χ0v) is 10.8. The molecule has 100 valence electrons. The number of rotatable bonds is 4. The first-order valence-electron chi connectivity index (χ1n) is 5.94. The second-order valence-corrected chi connectivity index (χ2v) is 4.52. The van der Waals surface area contributed by atoms with E-state index in [4.69, 9.17) is 9.84 Å². The first-order chi connectivity index (χ1) is 9.01. The molecule has 19 heavy (non-hydrogen) atoms. The molecule has 0 amide bonds. The number of carboxylic acid groups (broad SMARTS) is 1. The second kappa shape index (κ2) is 5.14. The Morgan fingerprint density at radius 3 is 2.79 bits per heavy atom. The van der Waals surface area contributed by atoms with Crippen LogP contribution in [0.1, 0.15) is 12.5 Å². The summed E-state index contributed by atoms with van der Waals surface area (Å²) in [5.74, 6) is -0.833. The van der Waals surface area contributed by atoms with Crippen LogP contribution in [0.5, 0.6) is 5.75 Å². The summed E-state index contributed by atoms with van der Waals surface area (Å²) in [5, 5.41) is 9.74. The maximum absolute atomic E-state index is 11.9. The molecule has 0 fully saturated rings. The van der Waals surface area contributed by atoms with Gasteiger partial charge in [0.15, 0.2) is 0 Å². The Hall–Kier alpha value is -2.30. The Morgan fingerprint density at radius 2 is 2.16 bits per heavy atom. The van der Waals surface area contributed by atoms with Crippen LogP contribution in [0.15, 0.2) is 29.1 Å². The lowest BCUT2D eigenvalue weighted by Gasteiger charge is -2.07. The van der Waals surface area contributed by atoms with E-state index >= 15 is 0 Å². The number of ether oxygens (including phenoxy) is 1. The molecule has 1 unspecified atom stereocenters. The SMILES string of the molecule is COc1ccc2cc(CC(C)C(=O)O)c(=O)[nH]c2c1. The Morgan fingerprint density at radius 1 is 1.42 bits per heavy atom. The molecular weight excluding hydrogens is 246 g/mol. The van der Waals surface area contributed by atoms with Crippen molar-refractivity contribution in [2.45, 2.75) is 13.3 Å². The fourth-order valence-corrected chi connectivity index (χ4v) is 1.92. The molecule has 2 rings (SSSR count). The molecular formula is C14H15NO4. The molecule has 2 N–H and O–H groups in total. The molecule has 0 bridgehead atoms. The van der Waals surface area contributed by atoms with Gasteiger partial charge in [0.1, 0.15) is 5.75 Å². The summed E-state index contributed by atoms with van der Waals surface area (Å²) < 4.78 is 5.09. The van der Waals surface area contributed by atoms with E-state index < -0.39 is 11.9 Å². The van der Waals surface area contributed by atoms with E-state index in [0.717, 1.165) is 5.39 Å². The van der Waals surface area contributed by atoms with Crippen LogP contribution in [0, 0.1) is 5.92 Å². The fraction of sp³-hybridized carbons (Fsp3) is 0.286. The standard InChI is InChI=1S/C14H15NO4/c1-8(14(17)18)5-10-6-9-3-4-11(19-2)7-12(9)15-13(10)16/h3-4,6-8H,5H2,1-2H3,(H,15,16)(H,17,18). The van der Waals surface area contributed by atoms with Crippen molar-refractivity contribution in [1.29, 1.82) is 0 Å². The topological polar surface area (TPSA) is 79.4 Å². The normalized spacial score (nSPS) is 12.3. The minimum absolute atomic E-state index is 0.215. The highest BCUT2D eigenvalue weighted by Gasteiger charge is 2.14.